The maximum absolute atomic E-state index is 13.6. The van der Waals surface area contributed by atoms with Crippen LogP contribution in [0.1, 0.15) is 31.3 Å². The Morgan fingerprint density at radius 3 is 2.91 bits per heavy atom. The zero-order valence-electron chi connectivity index (χ0n) is 12.9. The van der Waals surface area contributed by atoms with Crippen molar-refractivity contribution in [1.29, 1.82) is 0 Å². The third-order valence-electron chi connectivity index (χ3n) is 3.17. The first-order valence-electron chi connectivity index (χ1n) is 7.04. The number of hydrogen-bond acceptors (Lipinski definition) is 7. The quantitative estimate of drug-likeness (QED) is 0.663. The van der Waals surface area contributed by atoms with E-state index in [0.29, 0.717) is 33.8 Å². The molecule has 0 saturated carbocycles. The lowest BCUT2D eigenvalue weighted by Gasteiger charge is -2.05. The summed E-state index contributed by atoms with van der Waals surface area (Å²) in [5.74, 6) is 0.945. The van der Waals surface area contributed by atoms with Crippen LogP contribution in [0.15, 0.2) is 27.9 Å². The fourth-order valence-corrected chi connectivity index (χ4v) is 2.74. The van der Waals surface area contributed by atoms with E-state index in [1.807, 2.05) is 13.8 Å². The van der Waals surface area contributed by atoms with E-state index in [1.165, 1.54) is 17.8 Å². The predicted molar refractivity (Wildman–Crippen MR) is 82.2 cm³/mol. The van der Waals surface area contributed by atoms with Gasteiger partial charge in [-0.05, 0) is 42.8 Å². The van der Waals surface area contributed by atoms with Gasteiger partial charge in [-0.25, -0.2) is 9.07 Å². The molecule has 0 radical (unpaired) electrons. The van der Waals surface area contributed by atoms with Gasteiger partial charge in [0.25, 0.3) is 0 Å². The van der Waals surface area contributed by atoms with Gasteiger partial charge in [0.1, 0.15) is 5.82 Å². The molecule has 7 nitrogen and oxygen atoms in total. The molecule has 23 heavy (non-hydrogen) atoms. The van der Waals surface area contributed by atoms with Crippen LogP contribution in [0, 0.1) is 12.7 Å². The molecule has 0 unspecified atom stereocenters. The topological polar surface area (TPSA) is 82.5 Å². The van der Waals surface area contributed by atoms with E-state index in [2.05, 4.69) is 25.7 Å². The summed E-state index contributed by atoms with van der Waals surface area (Å²) in [5, 5.41) is 16.1. The smallest absolute Gasteiger partial charge is 0.237 e. The number of halogens is 1. The highest BCUT2D eigenvalue weighted by Gasteiger charge is 2.14. The first-order valence-corrected chi connectivity index (χ1v) is 8.03. The van der Waals surface area contributed by atoms with Crippen molar-refractivity contribution >= 4 is 11.8 Å². The second-order valence-electron chi connectivity index (χ2n) is 5.26. The van der Waals surface area contributed by atoms with E-state index >= 15 is 0 Å². The highest BCUT2D eigenvalue weighted by molar-refractivity contribution is 7.98. The molecule has 120 valence electrons. The Labute approximate surface area is 136 Å². The monoisotopic (exact) mass is 334 g/mol. The lowest BCUT2D eigenvalue weighted by molar-refractivity contribution is 0.391. The lowest BCUT2D eigenvalue weighted by Crippen LogP contribution is -2.04. The largest absolute Gasteiger partial charge is 0.338 e. The van der Waals surface area contributed by atoms with Crippen LogP contribution in [-0.4, -0.2) is 30.3 Å². The molecule has 0 saturated heterocycles. The minimum atomic E-state index is -0.292. The molecule has 0 amide bonds. The third-order valence-corrected chi connectivity index (χ3v) is 4.09. The molecule has 9 heteroatoms. The molecule has 3 rings (SSSR count). The molecular formula is C14H15FN6OS. The van der Waals surface area contributed by atoms with E-state index in [-0.39, 0.29) is 11.9 Å². The van der Waals surface area contributed by atoms with Crippen molar-refractivity contribution in [2.45, 2.75) is 37.7 Å². The summed E-state index contributed by atoms with van der Waals surface area (Å²) in [6.07, 6.45) is 0. The fraction of sp³-hybridized carbons (Fsp3) is 0.357. The summed E-state index contributed by atoms with van der Waals surface area (Å²) in [6.45, 7) is 5.70. The van der Waals surface area contributed by atoms with Gasteiger partial charge in [0, 0.05) is 5.56 Å². The van der Waals surface area contributed by atoms with Gasteiger partial charge in [0.2, 0.25) is 16.9 Å². The Morgan fingerprint density at radius 2 is 2.17 bits per heavy atom. The van der Waals surface area contributed by atoms with Crippen molar-refractivity contribution in [2.75, 3.05) is 0 Å². The lowest BCUT2D eigenvalue weighted by atomic mass is 10.1. The van der Waals surface area contributed by atoms with Gasteiger partial charge in [-0.3, -0.25) is 0 Å². The van der Waals surface area contributed by atoms with Gasteiger partial charge in [0.05, 0.1) is 11.8 Å². The van der Waals surface area contributed by atoms with Crippen molar-refractivity contribution in [3.63, 3.8) is 0 Å². The van der Waals surface area contributed by atoms with E-state index in [9.17, 15) is 4.39 Å². The Bertz CT molecular complexity index is 815. The summed E-state index contributed by atoms with van der Waals surface area (Å²) in [6, 6.07) is 5.02. The van der Waals surface area contributed by atoms with Crippen LogP contribution in [0.4, 0.5) is 4.39 Å². The van der Waals surface area contributed by atoms with Gasteiger partial charge in [-0.1, -0.05) is 29.1 Å². The maximum atomic E-state index is 13.6. The maximum Gasteiger partial charge on any atom is 0.237 e. The summed E-state index contributed by atoms with van der Waals surface area (Å²) >= 11 is 1.41. The molecule has 1 aromatic carbocycles. The zero-order chi connectivity index (χ0) is 16.4. The molecule has 3 aromatic rings. The summed E-state index contributed by atoms with van der Waals surface area (Å²) < 4.78 is 20.5. The van der Waals surface area contributed by atoms with Crippen molar-refractivity contribution < 1.29 is 8.91 Å². The molecule has 0 aliphatic rings. The number of nitrogens with zero attached hydrogens (tertiary/aromatic N) is 6. The van der Waals surface area contributed by atoms with Crippen LogP contribution in [0.2, 0.25) is 0 Å². The number of rotatable bonds is 5. The molecule has 2 aromatic heterocycles. The zero-order valence-corrected chi connectivity index (χ0v) is 13.7. The summed E-state index contributed by atoms with van der Waals surface area (Å²) in [4.78, 5) is 4.28. The predicted octanol–water partition coefficient (Wildman–Crippen LogP) is 3.04. The Morgan fingerprint density at radius 1 is 1.35 bits per heavy atom. The van der Waals surface area contributed by atoms with E-state index in [4.69, 9.17) is 4.52 Å². The molecule has 0 fully saturated rings. The van der Waals surface area contributed by atoms with Crippen LogP contribution in [0.3, 0.4) is 0 Å². The fourth-order valence-electron chi connectivity index (χ4n) is 1.89. The van der Waals surface area contributed by atoms with Crippen molar-refractivity contribution in [1.82, 2.24) is 30.3 Å². The van der Waals surface area contributed by atoms with Crippen LogP contribution < -0.4 is 0 Å². The van der Waals surface area contributed by atoms with Crippen LogP contribution in [0.5, 0.6) is 0 Å². The second kappa shape index (κ2) is 6.45. The molecule has 0 aliphatic heterocycles. The number of hydrogen-bond donors (Lipinski definition) is 0. The minimum Gasteiger partial charge on any atom is -0.338 e. The summed E-state index contributed by atoms with van der Waals surface area (Å²) in [7, 11) is 0. The minimum absolute atomic E-state index is 0.168. The Balaban J connectivity index is 1.72. The first kappa shape index (κ1) is 15.6. The van der Waals surface area contributed by atoms with Crippen molar-refractivity contribution in [2.24, 2.45) is 0 Å². The number of aromatic nitrogens is 6. The van der Waals surface area contributed by atoms with Gasteiger partial charge in [0.15, 0.2) is 0 Å². The molecule has 0 aliphatic carbocycles. The van der Waals surface area contributed by atoms with Gasteiger partial charge in [-0.2, -0.15) is 4.98 Å². The van der Waals surface area contributed by atoms with Crippen molar-refractivity contribution in [3.8, 4) is 11.4 Å². The highest BCUT2D eigenvalue weighted by Crippen LogP contribution is 2.24. The second-order valence-corrected chi connectivity index (χ2v) is 6.21. The van der Waals surface area contributed by atoms with E-state index in [0.717, 1.165) is 0 Å². The van der Waals surface area contributed by atoms with E-state index in [1.54, 1.807) is 23.7 Å². The van der Waals surface area contributed by atoms with Gasteiger partial charge in [-0.15, -0.1) is 5.10 Å². The molecule has 2 heterocycles. The average molecular weight is 334 g/mol. The molecule has 0 bridgehead atoms. The van der Waals surface area contributed by atoms with Gasteiger partial charge >= 0.3 is 0 Å². The number of benzene rings is 1. The third kappa shape index (κ3) is 3.39. The van der Waals surface area contributed by atoms with Crippen LogP contribution >= 0.6 is 11.8 Å². The number of aryl methyl sites for hydroxylation is 1. The average Bonchev–Trinajstić information content (AvgIpc) is 3.16. The standard InChI is InChI=1S/C14H15FN6OS/c1-8(2)21-14(17-19-20-21)23-7-12-16-13(18-22-12)10-5-4-9(3)11(15)6-10/h4-6,8H,7H2,1-3H3. The van der Waals surface area contributed by atoms with E-state index < -0.39 is 0 Å². The van der Waals surface area contributed by atoms with Crippen molar-refractivity contribution in [3.05, 3.63) is 35.5 Å². The number of thioether (sulfide) groups is 1. The SMILES string of the molecule is Cc1ccc(-c2noc(CSc3nnnn3C(C)C)n2)cc1F. The molecule has 0 N–H and O–H groups in total. The van der Waals surface area contributed by atoms with Crippen LogP contribution in [0.25, 0.3) is 11.4 Å². The molecule has 0 atom stereocenters. The first-order chi connectivity index (χ1) is 11.0. The van der Waals surface area contributed by atoms with Gasteiger partial charge < -0.3 is 4.52 Å². The van der Waals surface area contributed by atoms with Crippen LogP contribution in [-0.2, 0) is 5.75 Å². The Hall–Kier alpha value is -2.29. The number of tetrazole rings is 1. The summed E-state index contributed by atoms with van der Waals surface area (Å²) in [5.41, 5.74) is 1.16. The highest BCUT2D eigenvalue weighted by atomic mass is 32.2. The molecular weight excluding hydrogens is 319 g/mol. The Kier molecular flexibility index (Phi) is 4.37. The molecule has 0 spiro atoms. The normalized spacial score (nSPS) is 11.3.